The van der Waals surface area contributed by atoms with Gasteiger partial charge < -0.3 is 14.0 Å². The first-order valence-corrected chi connectivity index (χ1v) is 14.5. The lowest BCUT2D eigenvalue weighted by Crippen LogP contribution is -2.39. The van der Waals surface area contributed by atoms with Crippen molar-refractivity contribution in [2.45, 2.75) is 25.3 Å². The quantitative estimate of drug-likeness (QED) is 0.192. The predicted octanol–water partition coefficient (Wildman–Crippen LogP) is 5.11. The maximum atomic E-state index is 13.7. The van der Waals surface area contributed by atoms with Crippen LogP contribution < -0.4 is 14.9 Å². The molecule has 0 aliphatic rings. The first kappa shape index (κ1) is 29.9. The minimum absolute atomic E-state index is 0.0170. The van der Waals surface area contributed by atoms with E-state index in [0.29, 0.717) is 10.8 Å². The first-order chi connectivity index (χ1) is 19.6. The van der Waals surface area contributed by atoms with E-state index in [9.17, 15) is 13.2 Å². The normalized spacial score (nSPS) is 11.7. The maximum absolute atomic E-state index is 13.7. The summed E-state index contributed by atoms with van der Waals surface area (Å²) in [5.41, 5.74) is 6.84. The summed E-state index contributed by atoms with van der Waals surface area (Å²) in [5, 5.41) is 4.76. The van der Waals surface area contributed by atoms with Crippen molar-refractivity contribution in [2.75, 3.05) is 20.8 Å². The van der Waals surface area contributed by atoms with E-state index in [0.717, 1.165) is 32.5 Å². The van der Waals surface area contributed by atoms with Crippen molar-refractivity contribution < 1.29 is 22.7 Å². The van der Waals surface area contributed by atoms with Crippen LogP contribution in [-0.2, 0) is 21.4 Å². The van der Waals surface area contributed by atoms with Gasteiger partial charge in [-0.25, -0.2) is 13.8 Å². The molecule has 0 aliphatic heterocycles. The van der Waals surface area contributed by atoms with Gasteiger partial charge in [-0.2, -0.15) is 9.41 Å². The third-order valence-electron chi connectivity index (χ3n) is 6.46. The number of nitrogens with zero attached hydrogens (tertiary/aromatic N) is 3. The molecular weight excluding hydrogens is 564 g/mol. The summed E-state index contributed by atoms with van der Waals surface area (Å²) in [6, 6.07) is 22.8. The van der Waals surface area contributed by atoms with Gasteiger partial charge in [-0.3, -0.25) is 4.79 Å². The van der Waals surface area contributed by atoms with Crippen LogP contribution in [0.15, 0.2) is 88.9 Å². The molecule has 1 aromatic heterocycles. The van der Waals surface area contributed by atoms with E-state index >= 15 is 0 Å². The summed E-state index contributed by atoms with van der Waals surface area (Å²) in [4.78, 5) is 12.9. The number of sulfonamides is 1. The Morgan fingerprint density at radius 1 is 0.976 bits per heavy atom. The molecule has 3 aromatic carbocycles. The number of aromatic nitrogens is 1. The molecule has 1 amide bonds. The third-order valence-corrected chi connectivity index (χ3v) is 8.50. The third kappa shape index (κ3) is 6.97. The van der Waals surface area contributed by atoms with E-state index in [2.05, 4.69) is 15.1 Å². The number of halogens is 1. The molecule has 4 rings (SSSR count). The van der Waals surface area contributed by atoms with Gasteiger partial charge in [-0.1, -0.05) is 41.9 Å². The zero-order chi connectivity index (χ0) is 29.6. The van der Waals surface area contributed by atoms with E-state index in [4.69, 9.17) is 21.1 Å². The van der Waals surface area contributed by atoms with E-state index < -0.39 is 22.5 Å². The van der Waals surface area contributed by atoms with Crippen LogP contribution in [0.4, 0.5) is 0 Å². The minimum atomic E-state index is -4.10. The molecule has 9 nitrogen and oxygen atoms in total. The summed E-state index contributed by atoms with van der Waals surface area (Å²) < 4.78 is 41.0. The summed E-state index contributed by atoms with van der Waals surface area (Å²) >= 11 is 6.03. The number of carbonyl (C=O) groups excluding carboxylic acids is 1. The molecule has 0 unspecified atom stereocenters. The molecule has 0 saturated carbocycles. The fourth-order valence-electron chi connectivity index (χ4n) is 4.41. The number of hydrogen-bond donors (Lipinski definition) is 1. The number of ether oxygens (including phenoxy) is 2. The topological polar surface area (TPSA) is 102 Å². The SMILES string of the molecule is COc1ccc(S(=O)(=O)N(CC(=O)N/N=C/c2cc(C)n(-c3ccc(Cl)cc3)c2C)Cc2ccccc2)cc1OC. The van der Waals surface area contributed by atoms with E-state index in [1.807, 2.05) is 50.2 Å². The number of carbonyl (C=O) groups is 1. The molecule has 1 N–H and O–H groups in total. The molecule has 0 spiro atoms. The van der Waals surface area contributed by atoms with E-state index in [-0.39, 0.29) is 17.2 Å². The van der Waals surface area contributed by atoms with Crippen LogP contribution in [0.2, 0.25) is 5.02 Å². The van der Waals surface area contributed by atoms with Crippen molar-refractivity contribution in [1.29, 1.82) is 0 Å². The van der Waals surface area contributed by atoms with Crippen molar-refractivity contribution in [3.05, 3.63) is 106 Å². The molecule has 0 atom stereocenters. The van der Waals surface area contributed by atoms with Crippen molar-refractivity contribution >= 4 is 33.7 Å². The van der Waals surface area contributed by atoms with Gasteiger partial charge >= 0.3 is 0 Å². The van der Waals surface area contributed by atoms with Crippen LogP contribution >= 0.6 is 11.6 Å². The highest BCUT2D eigenvalue weighted by atomic mass is 35.5. The maximum Gasteiger partial charge on any atom is 0.255 e. The number of benzene rings is 3. The van der Waals surface area contributed by atoms with Crippen LogP contribution in [-0.4, -0.2) is 50.2 Å². The number of hydrazone groups is 1. The van der Waals surface area contributed by atoms with Gasteiger partial charge in [-0.15, -0.1) is 0 Å². The highest BCUT2D eigenvalue weighted by Crippen LogP contribution is 2.31. The lowest BCUT2D eigenvalue weighted by Gasteiger charge is -2.22. The molecule has 41 heavy (non-hydrogen) atoms. The van der Waals surface area contributed by atoms with Gasteiger partial charge in [0, 0.05) is 40.3 Å². The number of hydrogen-bond acceptors (Lipinski definition) is 6. The average molecular weight is 595 g/mol. The Hall–Kier alpha value is -4.12. The fourth-order valence-corrected chi connectivity index (χ4v) is 5.94. The molecule has 0 bridgehead atoms. The molecule has 1 heterocycles. The molecule has 0 fully saturated rings. The molecule has 11 heteroatoms. The summed E-state index contributed by atoms with van der Waals surface area (Å²) in [6.07, 6.45) is 1.54. The average Bonchev–Trinajstić information content (AvgIpc) is 3.25. The number of amides is 1. The second-order valence-electron chi connectivity index (χ2n) is 9.21. The van der Waals surface area contributed by atoms with Crippen LogP contribution in [0.25, 0.3) is 5.69 Å². The molecular formula is C30H31ClN4O5S. The van der Waals surface area contributed by atoms with Crippen LogP contribution in [0, 0.1) is 13.8 Å². The Labute approximate surface area is 245 Å². The first-order valence-electron chi connectivity index (χ1n) is 12.7. The van der Waals surface area contributed by atoms with Crippen molar-refractivity contribution in [2.24, 2.45) is 5.10 Å². The van der Waals surface area contributed by atoms with Gasteiger partial charge in [0.25, 0.3) is 5.91 Å². The van der Waals surface area contributed by atoms with Gasteiger partial charge in [0.05, 0.1) is 31.9 Å². The number of nitrogens with one attached hydrogen (secondary N) is 1. The highest BCUT2D eigenvalue weighted by molar-refractivity contribution is 7.89. The van der Waals surface area contributed by atoms with Crippen molar-refractivity contribution in [3.8, 4) is 17.2 Å². The van der Waals surface area contributed by atoms with Crippen molar-refractivity contribution in [1.82, 2.24) is 14.3 Å². The van der Waals surface area contributed by atoms with Gasteiger partial charge in [0.15, 0.2) is 11.5 Å². The van der Waals surface area contributed by atoms with Crippen LogP contribution in [0.5, 0.6) is 11.5 Å². The largest absolute Gasteiger partial charge is 0.493 e. The zero-order valence-corrected chi connectivity index (χ0v) is 24.7. The Morgan fingerprint density at radius 3 is 2.32 bits per heavy atom. The Balaban J connectivity index is 1.54. The molecule has 214 valence electrons. The van der Waals surface area contributed by atoms with Gasteiger partial charge in [-0.05, 0) is 61.9 Å². The lowest BCUT2D eigenvalue weighted by molar-refractivity contribution is -0.121. The van der Waals surface area contributed by atoms with Gasteiger partial charge in [0.2, 0.25) is 10.0 Å². The lowest BCUT2D eigenvalue weighted by atomic mass is 10.2. The molecule has 0 saturated heterocycles. The standard InChI is InChI=1S/C30H31ClN4O5S/c1-21-16-24(22(2)35(21)26-12-10-25(31)11-13-26)18-32-33-30(36)20-34(19-23-8-6-5-7-9-23)41(37,38)27-14-15-28(39-3)29(17-27)40-4/h5-18H,19-20H2,1-4H3,(H,33,36)/b32-18+. The molecule has 4 aromatic rings. The Bertz CT molecular complexity index is 1650. The summed E-state index contributed by atoms with van der Waals surface area (Å²) in [5.74, 6) is 0.0646. The molecule has 0 radical (unpaired) electrons. The minimum Gasteiger partial charge on any atom is -0.493 e. The number of rotatable bonds is 11. The van der Waals surface area contributed by atoms with Crippen LogP contribution in [0.1, 0.15) is 22.5 Å². The smallest absolute Gasteiger partial charge is 0.255 e. The molecule has 0 aliphatic carbocycles. The summed E-state index contributed by atoms with van der Waals surface area (Å²) in [6.45, 7) is 3.45. The van der Waals surface area contributed by atoms with E-state index in [1.54, 1.807) is 24.3 Å². The zero-order valence-electron chi connectivity index (χ0n) is 23.2. The van der Waals surface area contributed by atoms with Gasteiger partial charge in [0.1, 0.15) is 0 Å². The van der Waals surface area contributed by atoms with Crippen LogP contribution in [0.3, 0.4) is 0 Å². The monoisotopic (exact) mass is 594 g/mol. The Kier molecular flexibility index (Phi) is 9.49. The summed E-state index contributed by atoms with van der Waals surface area (Å²) in [7, 11) is -1.21. The van der Waals surface area contributed by atoms with E-state index in [1.165, 1.54) is 38.6 Å². The Morgan fingerprint density at radius 2 is 1.66 bits per heavy atom. The second-order valence-corrected chi connectivity index (χ2v) is 11.6. The highest BCUT2D eigenvalue weighted by Gasteiger charge is 2.28. The fraction of sp³-hybridized carbons (Fsp3) is 0.200. The number of aryl methyl sites for hydroxylation is 1. The van der Waals surface area contributed by atoms with Crippen molar-refractivity contribution in [3.63, 3.8) is 0 Å². The second kappa shape index (κ2) is 13.0. The number of methoxy groups -OCH3 is 2. The predicted molar refractivity (Wildman–Crippen MR) is 160 cm³/mol.